The fourth-order valence-electron chi connectivity index (χ4n) is 7.92. The summed E-state index contributed by atoms with van der Waals surface area (Å²) in [5.41, 5.74) is 8.51. The van der Waals surface area contributed by atoms with Crippen molar-refractivity contribution in [1.82, 2.24) is 5.32 Å². The van der Waals surface area contributed by atoms with Gasteiger partial charge in [0.25, 0.3) is 0 Å². The van der Waals surface area contributed by atoms with Crippen molar-refractivity contribution in [2.75, 3.05) is 0 Å². The van der Waals surface area contributed by atoms with E-state index in [1.54, 1.807) is 0 Å². The van der Waals surface area contributed by atoms with Crippen LogP contribution in [-0.4, -0.2) is 11.7 Å². The lowest BCUT2D eigenvalue weighted by atomic mass is 9.92. The molecule has 0 spiro atoms. The second-order valence-corrected chi connectivity index (χ2v) is 13.3. The van der Waals surface area contributed by atoms with E-state index in [9.17, 15) is 0 Å². The van der Waals surface area contributed by atoms with E-state index in [4.69, 9.17) is 18.8 Å². The van der Waals surface area contributed by atoms with Crippen molar-refractivity contribution in [3.05, 3.63) is 180 Å². The minimum Gasteiger partial charge on any atom is -0.456 e. The third kappa shape index (κ3) is 4.42. The predicted octanol–water partition coefficient (Wildman–Crippen LogP) is 12.0. The summed E-state index contributed by atoms with van der Waals surface area (Å²) in [6.07, 6.45) is -0.339. The molecule has 0 bridgehead atoms. The third-order valence-electron chi connectivity index (χ3n) is 10.3. The van der Waals surface area contributed by atoms with E-state index < -0.39 is 0 Å². The van der Waals surface area contributed by atoms with Crippen LogP contribution in [0.2, 0.25) is 0 Å². The lowest BCUT2D eigenvalue weighted by Crippen LogP contribution is -2.33. The topological polar surface area (TPSA) is 63.0 Å². The number of rotatable bonds is 4. The quantitative estimate of drug-likeness (QED) is 0.190. The van der Waals surface area contributed by atoms with Gasteiger partial charge in [-0.15, -0.1) is 0 Å². The van der Waals surface area contributed by atoms with Crippen LogP contribution in [0.3, 0.4) is 0 Å². The van der Waals surface area contributed by atoms with Gasteiger partial charge in [-0.05, 0) is 69.1 Å². The van der Waals surface area contributed by atoms with Crippen LogP contribution < -0.4 is 5.32 Å². The molecular formula is C47H29N3O2. The summed E-state index contributed by atoms with van der Waals surface area (Å²) < 4.78 is 13.0. The Morgan fingerprint density at radius 2 is 1.15 bits per heavy atom. The van der Waals surface area contributed by atoms with E-state index >= 15 is 0 Å². The minimum atomic E-state index is -0.339. The molecule has 0 fully saturated rings. The van der Waals surface area contributed by atoms with E-state index in [1.807, 2.05) is 60.7 Å². The number of furan rings is 2. The molecule has 0 amide bonds. The van der Waals surface area contributed by atoms with Gasteiger partial charge in [-0.1, -0.05) is 127 Å². The van der Waals surface area contributed by atoms with Crippen molar-refractivity contribution in [3.8, 4) is 11.1 Å². The summed E-state index contributed by atoms with van der Waals surface area (Å²) in [5, 5.41) is 12.7. The molecule has 5 nitrogen and oxygen atoms in total. The van der Waals surface area contributed by atoms with Gasteiger partial charge in [-0.3, -0.25) is 0 Å². The van der Waals surface area contributed by atoms with Gasteiger partial charge < -0.3 is 14.2 Å². The number of nitrogens with one attached hydrogen (secondary N) is 1. The molecule has 5 heteroatoms. The highest BCUT2D eigenvalue weighted by atomic mass is 16.3. The number of amidine groups is 2. The first kappa shape index (κ1) is 28.8. The second-order valence-electron chi connectivity index (χ2n) is 13.3. The largest absolute Gasteiger partial charge is 0.456 e. The molecule has 1 aliphatic rings. The maximum Gasteiger partial charge on any atom is 0.159 e. The zero-order valence-electron chi connectivity index (χ0n) is 27.9. The lowest BCUT2D eigenvalue weighted by molar-refractivity contribution is 0.668. The highest BCUT2D eigenvalue weighted by molar-refractivity contribution is 6.24. The smallest absolute Gasteiger partial charge is 0.159 e. The van der Waals surface area contributed by atoms with Gasteiger partial charge in [0.2, 0.25) is 0 Å². The highest BCUT2D eigenvalue weighted by Crippen LogP contribution is 2.42. The van der Waals surface area contributed by atoms with Gasteiger partial charge in [0.1, 0.15) is 34.3 Å². The maximum atomic E-state index is 6.81. The summed E-state index contributed by atoms with van der Waals surface area (Å²) in [6, 6.07) is 56.8. The monoisotopic (exact) mass is 667 g/mol. The SMILES string of the molecule is c1ccc(C2N=C(c3ccc4oc5ccccc5c4c3)N=C(c3cccc4oc5c(-c6cc7ccccc7c7ccccc67)cccc5c34)N2)cc1. The van der Waals surface area contributed by atoms with Gasteiger partial charge in [0.15, 0.2) is 5.84 Å². The Balaban J connectivity index is 1.11. The molecule has 11 rings (SSSR count). The molecule has 0 saturated heterocycles. The average molecular weight is 668 g/mol. The van der Waals surface area contributed by atoms with E-state index in [0.717, 1.165) is 77.5 Å². The summed E-state index contributed by atoms with van der Waals surface area (Å²) in [6.45, 7) is 0. The van der Waals surface area contributed by atoms with E-state index in [1.165, 1.54) is 21.5 Å². The van der Waals surface area contributed by atoms with Crippen LogP contribution in [0, 0.1) is 0 Å². The molecule has 244 valence electrons. The molecule has 1 N–H and O–H groups in total. The second kappa shape index (κ2) is 11.3. The first-order valence-corrected chi connectivity index (χ1v) is 17.5. The fraction of sp³-hybridized carbons (Fsp3) is 0.0213. The molecule has 0 aliphatic carbocycles. The summed E-state index contributed by atoms with van der Waals surface area (Å²) in [4.78, 5) is 10.4. The van der Waals surface area contributed by atoms with Crippen molar-refractivity contribution in [2.24, 2.45) is 9.98 Å². The highest BCUT2D eigenvalue weighted by Gasteiger charge is 2.25. The standard InChI is InChI=1S/C47H29N3O2/c1-2-12-28(13-3-1)45-48-46(30-24-25-41-39(27-30)34-18-8-9-22-40(34)51-41)50-47(49-45)37-21-11-23-42-43(37)36-20-10-19-35(44(36)52-42)38-26-29-14-4-5-15-31(29)32-16-6-7-17-33(32)38/h1-27,45H,(H,48,49,50). The molecule has 1 aliphatic heterocycles. The first-order chi connectivity index (χ1) is 25.8. The van der Waals surface area contributed by atoms with Crippen LogP contribution >= 0.6 is 0 Å². The summed E-state index contributed by atoms with van der Waals surface area (Å²) in [5.74, 6) is 1.40. The summed E-state index contributed by atoms with van der Waals surface area (Å²) >= 11 is 0. The van der Waals surface area contributed by atoms with Crippen molar-refractivity contribution in [2.45, 2.75) is 6.17 Å². The van der Waals surface area contributed by atoms with E-state index in [2.05, 4.69) is 108 Å². The number of aliphatic imine (C=N–C) groups is 2. The molecular weight excluding hydrogens is 639 g/mol. The predicted molar refractivity (Wildman–Crippen MR) is 213 cm³/mol. The van der Waals surface area contributed by atoms with Crippen LogP contribution in [0.25, 0.3) is 76.5 Å². The molecule has 0 radical (unpaired) electrons. The molecule has 10 aromatic rings. The van der Waals surface area contributed by atoms with Crippen LogP contribution in [0.15, 0.2) is 183 Å². The molecule has 2 aromatic heterocycles. The zero-order valence-corrected chi connectivity index (χ0v) is 27.9. The van der Waals surface area contributed by atoms with E-state index in [0.29, 0.717) is 5.84 Å². The maximum absolute atomic E-state index is 6.81. The Labute approximate surface area is 298 Å². The number of fused-ring (bicyclic) bond motifs is 9. The molecule has 52 heavy (non-hydrogen) atoms. The number of hydrogen-bond donors (Lipinski definition) is 1. The van der Waals surface area contributed by atoms with Crippen molar-refractivity contribution >= 4 is 77.1 Å². The van der Waals surface area contributed by atoms with Gasteiger partial charge in [-0.2, -0.15) is 0 Å². The zero-order chi connectivity index (χ0) is 34.2. The Bertz CT molecular complexity index is 3110. The van der Waals surface area contributed by atoms with Gasteiger partial charge in [0, 0.05) is 38.2 Å². The van der Waals surface area contributed by atoms with Crippen LogP contribution in [0.5, 0.6) is 0 Å². The van der Waals surface area contributed by atoms with Crippen LogP contribution in [0.1, 0.15) is 22.9 Å². The third-order valence-corrected chi connectivity index (χ3v) is 10.3. The number of para-hydroxylation sites is 2. The van der Waals surface area contributed by atoms with Crippen LogP contribution in [-0.2, 0) is 0 Å². The number of benzene rings is 8. The van der Waals surface area contributed by atoms with Gasteiger partial charge >= 0.3 is 0 Å². The van der Waals surface area contributed by atoms with E-state index in [-0.39, 0.29) is 6.17 Å². The Kier molecular flexibility index (Phi) is 6.25. The Hall–Kier alpha value is -6.98. The molecule has 3 heterocycles. The van der Waals surface area contributed by atoms with Crippen molar-refractivity contribution in [1.29, 1.82) is 0 Å². The molecule has 0 saturated carbocycles. The molecule has 1 unspecified atom stereocenters. The minimum absolute atomic E-state index is 0.339. The average Bonchev–Trinajstić information content (AvgIpc) is 3.79. The first-order valence-electron chi connectivity index (χ1n) is 17.5. The molecule has 1 atom stereocenters. The Morgan fingerprint density at radius 1 is 0.462 bits per heavy atom. The molecule has 8 aromatic carbocycles. The number of hydrogen-bond acceptors (Lipinski definition) is 5. The van der Waals surface area contributed by atoms with Crippen molar-refractivity contribution in [3.63, 3.8) is 0 Å². The van der Waals surface area contributed by atoms with Crippen molar-refractivity contribution < 1.29 is 8.83 Å². The fourth-order valence-corrected chi connectivity index (χ4v) is 7.92. The summed E-state index contributed by atoms with van der Waals surface area (Å²) in [7, 11) is 0. The normalized spacial score (nSPS) is 14.7. The number of nitrogens with zero attached hydrogens (tertiary/aromatic N) is 2. The lowest BCUT2D eigenvalue weighted by Gasteiger charge is -2.24. The van der Waals surface area contributed by atoms with Crippen LogP contribution in [0.4, 0.5) is 0 Å². The van der Waals surface area contributed by atoms with Gasteiger partial charge in [0.05, 0.1) is 0 Å². The Morgan fingerprint density at radius 3 is 2.06 bits per heavy atom. The van der Waals surface area contributed by atoms with Gasteiger partial charge in [-0.25, -0.2) is 9.98 Å².